The second-order valence-corrected chi connectivity index (χ2v) is 4.72. The van der Waals surface area contributed by atoms with Gasteiger partial charge in [-0.05, 0) is 30.7 Å². The maximum absolute atomic E-state index is 13.8. The third kappa shape index (κ3) is 3.29. The lowest BCUT2D eigenvalue weighted by Gasteiger charge is -2.10. The van der Waals surface area contributed by atoms with E-state index in [2.05, 4.69) is 0 Å². The van der Waals surface area contributed by atoms with Crippen LogP contribution < -0.4 is 4.74 Å². The zero-order valence-electron chi connectivity index (χ0n) is 10.9. The first-order valence-corrected chi connectivity index (χ1v) is 6.36. The van der Waals surface area contributed by atoms with Crippen molar-refractivity contribution >= 4 is 17.3 Å². The molecular formula is C14H11ClFNO4. The van der Waals surface area contributed by atoms with Gasteiger partial charge in [-0.15, -0.1) is 0 Å². The number of hydrogen-bond donors (Lipinski definition) is 1. The fourth-order valence-electron chi connectivity index (χ4n) is 1.70. The quantitative estimate of drug-likeness (QED) is 0.677. The summed E-state index contributed by atoms with van der Waals surface area (Å²) < 4.78 is 19.0. The molecule has 0 unspecified atom stereocenters. The van der Waals surface area contributed by atoms with E-state index in [1.54, 1.807) is 0 Å². The fourth-order valence-corrected chi connectivity index (χ4v) is 1.87. The first-order valence-electron chi connectivity index (χ1n) is 5.98. The molecule has 0 aliphatic carbocycles. The van der Waals surface area contributed by atoms with E-state index in [1.807, 2.05) is 0 Å². The Morgan fingerprint density at radius 2 is 2.05 bits per heavy atom. The van der Waals surface area contributed by atoms with Crippen LogP contribution in [0.2, 0.25) is 5.02 Å². The minimum Gasteiger partial charge on any atom is -0.447 e. The minimum absolute atomic E-state index is 0.134. The number of aliphatic hydroxyl groups is 1. The normalized spacial score (nSPS) is 12.0. The molecule has 2 rings (SSSR count). The zero-order chi connectivity index (χ0) is 15.6. The third-order valence-electron chi connectivity index (χ3n) is 2.80. The molecule has 0 fully saturated rings. The summed E-state index contributed by atoms with van der Waals surface area (Å²) in [6.45, 7) is 1.48. The molecule has 0 aliphatic heterocycles. The summed E-state index contributed by atoms with van der Waals surface area (Å²) in [5.41, 5.74) is -0.00612. The molecule has 110 valence electrons. The maximum Gasteiger partial charge on any atom is 0.311 e. The molecule has 2 aromatic rings. The topological polar surface area (TPSA) is 72.6 Å². The van der Waals surface area contributed by atoms with Crippen LogP contribution in [0.1, 0.15) is 18.6 Å². The number of hydrogen-bond acceptors (Lipinski definition) is 4. The first-order chi connectivity index (χ1) is 9.90. The monoisotopic (exact) mass is 311 g/mol. The van der Waals surface area contributed by atoms with Crippen molar-refractivity contribution in [2.45, 2.75) is 13.0 Å². The van der Waals surface area contributed by atoms with Crippen LogP contribution in [0.25, 0.3) is 0 Å². The Balaban J connectivity index is 2.44. The van der Waals surface area contributed by atoms with Crippen LogP contribution in [0.15, 0.2) is 36.4 Å². The minimum atomic E-state index is -0.861. The number of ether oxygens (including phenoxy) is 1. The van der Waals surface area contributed by atoms with Gasteiger partial charge >= 0.3 is 5.69 Å². The van der Waals surface area contributed by atoms with E-state index in [-0.39, 0.29) is 22.2 Å². The molecule has 0 aliphatic rings. The van der Waals surface area contributed by atoms with Crippen molar-refractivity contribution in [2.24, 2.45) is 0 Å². The van der Waals surface area contributed by atoms with Crippen LogP contribution >= 0.6 is 11.6 Å². The van der Waals surface area contributed by atoms with Crippen molar-refractivity contribution in [1.82, 2.24) is 0 Å². The van der Waals surface area contributed by atoms with Crippen LogP contribution in [-0.4, -0.2) is 10.0 Å². The Labute approximate surface area is 124 Å². The number of nitro groups is 1. The summed E-state index contributed by atoms with van der Waals surface area (Å²) in [4.78, 5) is 10.4. The lowest BCUT2D eigenvalue weighted by molar-refractivity contribution is -0.385. The second kappa shape index (κ2) is 6.07. The van der Waals surface area contributed by atoms with Crippen LogP contribution in [0.5, 0.6) is 11.5 Å². The van der Waals surface area contributed by atoms with Crippen LogP contribution in [-0.2, 0) is 0 Å². The molecule has 2 aromatic carbocycles. The van der Waals surface area contributed by atoms with E-state index < -0.39 is 16.8 Å². The van der Waals surface area contributed by atoms with Crippen molar-refractivity contribution in [3.8, 4) is 11.5 Å². The highest BCUT2D eigenvalue weighted by Gasteiger charge is 2.20. The van der Waals surface area contributed by atoms with Gasteiger partial charge in [0.1, 0.15) is 0 Å². The lowest BCUT2D eigenvalue weighted by atomic mass is 10.1. The van der Waals surface area contributed by atoms with Crippen molar-refractivity contribution in [3.63, 3.8) is 0 Å². The molecule has 0 aromatic heterocycles. The van der Waals surface area contributed by atoms with Crippen molar-refractivity contribution in [1.29, 1.82) is 0 Å². The predicted octanol–water partition coefficient (Wildman–Crippen LogP) is 4.23. The van der Waals surface area contributed by atoms with Gasteiger partial charge in [0.2, 0.25) is 5.75 Å². The standard InChI is InChI=1S/C14H11ClFNO4/c1-8(18)9-5-6-12(11(7-9)17(19)20)21-13-4-2-3-10(15)14(13)16/h2-8,18H,1H3/t8-/m0/s1. The average molecular weight is 312 g/mol. The van der Waals surface area contributed by atoms with Gasteiger partial charge in [0.25, 0.3) is 0 Å². The van der Waals surface area contributed by atoms with Crippen LogP contribution in [0, 0.1) is 15.9 Å². The summed E-state index contributed by atoms with van der Waals surface area (Å²) in [5.74, 6) is -1.14. The van der Waals surface area contributed by atoms with Gasteiger partial charge < -0.3 is 9.84 Å². The molecular weight excluding hydrogens is 301 g/mol. The molecule has 0 saturated carbocycles. The fraction of sp³-hybridized carbons (Fsp3) is 0.143. The number of benzene rings is 2. The average Bonchev–Trinajstić information content (AvgIpc) is 2.43. The lowest BCUT2D eigenvalue weighted by Crippen LogP contribution is -1.98. The predicted molar refractivity (Wildman–Crippen MR) is 75.2 cm³/mol. The second-order valence-electron chi connectivity index (χ2n) is 4.31. The van der Waals surface area contributed by atoms with Gasteiger partial charge in [0.15, 0.2) is 11.6 Å². The molecule has 1 atom stereocenters. The Bertz CT molecular complexity index is 691. The SMILES string of the molecule is C[C@H](O)c1ccc(Oc2cccc(Cl)c2F)c([N+](=O)[O-])c1. The Hall–Kier alpha value is -2.18. The zero-order valence-corrected chi connectivity index (χ0v) is 11.7. The summed E-state index contributed by atoms with van der Waals surface area (Å²) in [5, 5.41) is 20.4. The van der Waals surface area contributed by atoms with E-state index in [0.29, 0.717) is 5.56 Å². The number of rotatable bonds is 4. The van der Waals surface area contributed by atoms with Gasteiger partial charge in [-0.2, -0.15) is 0 Å². The van der Waals surface area contributed by atoms with E-state index >= 15 is 0 Å². The molecule has 5 nitrogen and oxygen atoms in total. The molecule has 0 radical (unpaired) electrons. The van der Waals surface area contributed by atoms with Crippen molar-refractivity contribution < 1.29 is 19.2 Å². The Morgan fingerprint density at radius 1 is 1.33 bits per heavy atom. The van der Waals surface area contributed by atoms with Gasteiger partial charge in [-0.25, -0.2) is 4.39 Å². The van der Waals surface area contributed by atoms with E-state index in [4.69, 9.17) is 16.3 Å². The smallest absolute Gasteiger partial charge is 0.311 e. The molecule has 1 N–H and O–H groups in total. The van der Waals surface area contributed by atoms with E-state index in [9.17, 15) is 19.6 Å². The molecule has 0 spiro atoms. The van der Waals surface area contributed by atoms with Gasteiger partial charge in [0.05, 0.1) is 16.0 Å². The number of nitro benzene ring substituents is 1. The Morgan fingerprint density at radius 3 is 2.67 bits per heavy atom. The maximum atomic E-state index is 13.8. The van der Waals surface area contributed by atoms with Crippen LogP contribution in [0.3, 0.4) is 0 Å². The van der Waals surface area contributed by atoms with E-state index in [0.717, 1.165) is 0 Å². The highest BCUT2D eigenvalue weighted by molar-refractivity contribution is 6.30. The van der Waals surface area contributed by atoms with Gasteiger partial charge in [-0.1, -0.05) is 23.7 Å². The molecule has 0 saturated heterocycles. The largest absolute Gasteiger partial charge is 0.447 e. The summed E-state index contributed by atoms with van der Waals surface area (Å²) in [6, 6.07) is 8.08. The number of aliphatic hydroxyl groups excluding tert-OH is 1. The first kappa shape index (κ1) is 15.2. The highest BCUT2D eigenvalue weighted by atomic mass is 35.5. The molecule has 0 heterocycles. The third-order valence-corrected chi connectivity index (χ3v) is 3.09. The van der Waals surface area contributed by atoms with Crippen molar-refractivity contribution in [3.05, 3.63) is 62.9 Å². The van der Waals surface area contributed by atoms with Gasteiger partial charge in [0, 0.05) is 6.07 Å². The molecule has 21 heavy (non-hydrogen) atoms. The molecule has 0 bridgehead atoms. The number of halogens is 2. The number of nitrogens with zero attached hydrogens (tertiary/aromatic N) is 1. The molecule has 0 amide bonds. The van der Waals surface area contributed by atoms with Gasteiger partial charge in [-0.3, -0.25) is 10.1 Å². The van der Waals surface area contributed by atoms with Crippen LogP contribution in [0.4, 0.5) is 10.1 Å². The van der Waals surface area contributed by atoms with E-state index in [1.165, 1.54) is 43.3 Å². The summed E-state index contributed by atoms with van der Waals surface area (Å²) in [6.07, 6.45) is -0.861. The van der Waals surface area contributed by atoms with Crippen molar-refractivity contribution in [2.75, 3.05) is 0 Å². The summed E-state index contributed by atoms with van der Waals surface area (Å²) >= 11 is 5.63. The summed E-state index contributed by atoms with van der Waals surface area (Å²) in [7, 11) is 0. The highest BCUT2D eigenvalue weighted by Crippen LogP contribution is 2.35. The Kier molecular flexibility index (Phi) is 4.40. The molecule has 7 heteroatoms.